The number of hydrogen-bond acceptors (Lipinski definition) is 6. The fourth-order valence-corrected chi connectivity index (χ4v) is 7.73. The lowest BCUT2D eigenvalue weighted by Gasteiger charge is -2.63. The van der Waals surface area contributed by atoms with Crippen LogP contribution in [0.1, 0.15) is 54.3 Å². The molecule has 1 unspecified atom stereocenters. The van der Waals surface area contributed by atoms with Crippen molar-refractivity contribution in [2.45, 2.75) is 62.6 Å². The Labute approximate surface area is 243 Å². The molecule has 1 saturated carbocycles. The molecule has 0 radical (unpaired) electrons. The minimum absolute atomic E-state index is 0.0244. The maximum atomic E-state index is 14.3. The van der Waals surface area contributed by atoms with Gasteiger partial charge in [-0.3, -0.25) is 19.6 Å². The number of alkyl halides is 3. The molecule has 2 aromatic rings. The maximum Gasteiger partial charge on any atom is 0.418 e. The minimum atomic E-state index is -4.64. The second-order valence-corrected chi connectivity index (χ2v) is 12.6. The van der Waals surface area contributed by atoms with Crippen LogP contribution in [0.5, 0.6) is 0 Å². The highest BCUT2D eigenvalue weighted by atomic mass is 35.5. The van der Waals surface area contributed by atoms with Crippen LogP contribution in [0.3, 0.4) is 0 Å². The van der Waals surface area contributed by atoms with E-state index in [-0.39, 0.29) is 17.6 Å². The van der Waals surface area contributed by atoms with Crippen LogP contribution in [0.4, 0.5) is 13.2 Å². The smallest absolute Gasteiger partial charge is 0.372 e. The Morgan fingerprint density at radius 1 is 1.10 bits per heavy atom. The van der Waals surface area contributed by atoms with Gasteiger partial charge in [-0.05, 0) is 74.5 Å². The van der Waals surface area contributed by atoms with E-state index in [1.54, 1.807) is 4.90 Å². The van der Waals surface area contributed by atoms with Crippen molar-refractivity contribution in [3.63, 3.8) is 0 Å². The van der Waals surface area contributed by atoms with E-state index in [0.717, 1.165) is 43.4 Å². The van der Waals surface area contributed by atoms with Gasteiger partial charge in [0.2, 0.25) is 5.91 Å². The lowest BCUT2D eigenvalue weighted by Crippen LogP contribution is -2.72. The summed E-state index contributed by atoms with van der Waals surface area (Å²) in [5.41, 5.74) is 0.161. The Morgan fingerprint density at radius 2 is 1.85 bits per heavy atom. The fourth-order valence-electron chi connectivity index (χ4n) is 7.54. The van der Waals surface area contributed by atoms with Gasteiger partial charge in [0.05, 0.1) is 17.2 Å². The van der Waals surface area contributed by atoms with E-state index in [1.165, 1.54) is 12.3 Å². The van der Waals surface area contributed by atoms with Crippen molar-refractivity contribution in [1.29, 1.82) is 0 Å². The van der Waals surface area contributed by atoms with Crippen LogP contribution in [0.2, 0.25) is 5.02 Å². The standard InChI is InChI=1S/C30H37ClF3N5O2/c1-36-12-14-37(15-13-36)23-17-29(18-23)25(27(40)38-11-8-20-16-22(31)7-6-21(20)19-38)5-3-10-39(29)28(41)26-24(30(32,33)34)4-2-9-35-26/h2,4,6-7,9,16,23,25,28,41H,3,5,8,10-15,17-19H2,1H3/t23?,25-,28?,29?/m0/s1. The van der Waals surface area contributed by atoms with Crippen molar-refractivity contribution in [1.82, 2.24) is 24.6 Å². The Balaban J connectivity index is 1.30. The summed E-state index contributed by atoms with van der Waals surface area (Å²) in [5.74, 6) is -0.391. The molecule has 2 saturated heterocycles. The van der Waals surface area contributed by atoms with Gasteiger partial charge < -0.3 is 14.9 Å². The average molecular weight is 592 g/mol. The summed E-state index contributed by atoms with van der Waals surface area (Å²) in [7, 11) is 2.10. The monoisotopic (exact) mass is 591 g/mol. The van der Waals surface area contributed by atoms with Crippen molar-refractivity contribution >= 4 is 17.5 Å². The van der Waals surface area contributed by atoms with Crippen molar-refractivity contribution in [3.8, 4) is 0 Å². The van der Waals surface area contributed by atoms with Gasteiger partial charge in [-0.25, -0.2) is 0 Å². The van der Waals surface area contributed by atoms with Gasteiger partial charge in [0.15, 0.2) is 6.23 Å². The van der Waals surface area contributed by atoms with E-state index in [1.807, 2.05) is 23.1 Å². The van der Waals surface area contributed by atoms with Crippen LogP contribution in [0, 0.1) is 5.92 Å². The molecule has 0 bridgehead atoms. The molecule has 6 rings (SSSR count). The molecule has 41 heavy (non-hydrogen) atoms. The normalized spacial score (nSPS) is 28.8. The highest BCUT2D eigenvalue weighted by Gasteiger charge is 2.60. The zero-order valence-electron chi connectivity index (χ0n) is 23.3. The molecule has 7 nitrogen and oxygen atoms in total. The van der Waals surface area contributed by atoms with Crippen molar-refractivity contribution in [2.75, 3.05) is 46.3 Å². The Hall–Kier alpha value is -2.24. The van der Waals surface area contributed by atoms with Crippen LogP contribution >= 0.6 is 11.6 Å². The number of aliphatic hydroxyl groups excluding tert-OH is 1. The summed E-state index contributed by atoms with van der Waals surface area (Å²) < 4.78 is 41.8. The second-order valence-electron chi connectivity index (χ2n) is 12.1. The maximum absolute atomic E-state index is 14.3. The van der Waals surface area contributed by atoms with Gasteiger partial charge in [0.25, 0.3) is 0 Å². The third-order valence-corrected chi connectivity index (χ3v) is 10.1. The van der Waals surface area contributed by atoms with Crippen molar-refractivity contribution < 1.29 is 23.1 Å². The van der Waals surface area contributed by atoms with E-state index < -0.39 is 29.4 Å². The number of likely N-dealkylation sites (tertiary alicyclic amines) is 1. The first kappa shape index (κ1) is 28.9. The number of aliphatic hydroxyl groups is 1. The predicted molar refractivity (Wildman–Crippen MR) is 149 cm³/mol. The van der Waals surface area contributed by atoms with Crippen LogP contribution in [-0.2, 0) is 23.9 Å². The molecule has 1 aliphatic carbocycles. The summed E-state index contributed by atoms with van der Waals surface area (Å²) in [4.78, 5) is 26.7. The van der Waals surface area contributed by atoms with E-state index in [9.17, 15) is 23.1 Å². The number of pyridine rings is 1. The fraction of sp³-hybridized carbons (Fsp3) is 0.600. The summed E-state index contributed by atoms with van der Waals surface area (Å²) in [6.45, 7) is 5.22. The highest BCUT2D eigenvalue weighted by molar-refractivity contribution is 6.30. The molecule has 222 valence electrons. The number of carbonyl (C=O) groups is 1. The summed E-state index contributed by atoms with van der Waals surface area (Å²) >= 11 is 6.19. The Bertz CT molecular complexity index is 1280. The van der Waals surface area contributed by atoms with Crippen LogP contribution in [0.25, 0.3) is 0 Å². The molecule has 1 spiro atoms. The van der Waals surface area contributed by atoms with E-state index >= 15 is 0 Å². The Morgan fingerprint density at radius 3 is 2.59 bits per heavy atom. The number of aromatic nitrogens is 1. The molecular weight excluding hydrogens is 555 g/mol. The van der Waals surface area contributed by atoms with Crippen molar-refractivity contribution in [3.05, 3.63) is 63.9 Å². The van der Waals surface area contributed by atoms with E-state index in [2.05, 4.69) is 21.8 Å². The largest absolute Gasteiger partial charge is 0.418 e. The SMILES string of the molecule is CN1CCN(C2CC3(C2)[C@H](C(=O)N2CCc4cc(Cl)ccc4C2)CCCN3C(O)c2ncccc2C(F)(F)F)CC1. The first-order chi connectivity index (χ1) is 19.6. The lowest BCUT2D eigenvalue weighted by atomic mass is 9.59. The van der Waals surface area contributed by atoms with Gasteiger partial charge in [0.1, 0.15) is 0 Å². The zero-order chi connectivity index (χ0) is 28.9. The van der Waals surface area contributed by atoms with Gasteiger partial charge in [-0.15, -0.1) is 0 Å². The number of hydrogen-bond donors (Lipinski definition) is 1. The molecular formula is C30H37ClF3N5O2. The number of nitrogens with zero attached hydrogens (tertiary/aromatic N) is 5. The van der Waals surface area contributed by atoms with Crippen LogP contribution in [-0.4, -0.2) is 93.5 Å². The number of carbonyl (C=O) groups excluding carboxylic acids is 1. The molecule has 3 fully saturated rings. The number of likely N-dealkylation sites (N-methyl/N-ethyl adjacent to an activating group) is 1. The van der Waals surface area contributed by atoms with Crippen LogP contribution < -0.4 is 0 Å². The molecule has 1 N–H and O–H groups in total. The number of fused-ring (bicyclic) bond motifs is 1. The summed E-state index contributed by atoms with van der Waals surface area (Å²) in [6, 6.07) is 8.20. The quantitative estimate of drug-likeness (QED) is 0.575. The first-order valence-electron chi connectivity index (χ1n) is 14.5. The molecule has 2 atom stereocenters. The number of halogens is 4. The number of amides is 1. The predicted octanol–water partition coefficient (Wildman–Crippen LogP) is 4.19. The molecule has 1 aromatic heterocycles. The summed E-state index contributed by atoms with van der Waals surface area (Å²) in [6.07, 6.45) is -1.66. The topological polar surface area (TPSA) is 63.2 Å². The molecule has 1 amide bonds. The molecule has 11 heteroatoms. The van der Waals surface area contributed by atoms with Gasteiger partial charge in [-0.1, -0.05) is 17.7 Å². The third-order valence-electron chi connectivity index (χ3n) is 9.82. The Kier molecular flexibility index (Phi) is 7.82. The van der Waals surface area contributed by atoms with E-state index in [4.69, 9.17) is 11.6 Å². The first-order valence-corrected chi connectivity index (χ1v) is 14.9. The average Bonchev–Trinajstić information content (AvgIpc) is 2.94. The van der Waals surface area contributed by atoms with E-state index in [0.29, 0.717) is 56.8 Å². The second kappa shape index (κ2) is 11.1. The van der Waals surface area contributed by atoms with Crippen molar-refractivity contribution in [2.24, 2.45) is 5.92 Å². The number of piperidine rings is 1. The molecule has 4 heterocycles. The zero-order valence-corrected chi connectivity index (χ0v) is 24.0. The third kappa shape index (κ3) is 5.38. The molecule has 3 aliphatic heterocycles. The molecule has 1 aromatic carbocycles. The minimum Gasteiger partial charge on any atom is -0.372 e. The number of piperazine rings is 1. The van der Waals surface area contributed by atoms with Gasteiger partial charge in [-0.2, -0.15) is 13.2 Å². The highest BCUT2D eigenvalue weighted by Crippen LogP contribution is 2.53. The van der Waals surface area contributed by atoms with Gasteiger partial charge in [0, 0.05) is 68.6 Å². The lowest BCUT2D eigenvalue weighted by molar-refractivity contribution is -0.191. The number of benzene rings is 1. The van der Waals surface area contributed by atoms with Gasteiger partial charge >= 0.3 is 6.18 Å². The number of rotatable bonds is 4. The van der Waals surface area contributed by atoms with Crippen LogP contribution in [0.15, 0.2) is 36.5 Å². The summed E-state index contributed by atoms with van der Waals surface area (Å²) in [5, 5.41) is 12.3. The molecule has 4 aliphatic rings.